The van der Waals surface area contributed by atoms with Crippen LogP contribution in [-0.4, -0.2) is 14.8 Å². The Bertz CT molecular complexity index is 1090. The second-order valence-corrected chi connectivity index (χ2v) is 8.41. The van der Waals surface area contributed by atoms with Gasteiger partial charge in [0.2, 0.25) is 0 Å². The van der Waals surface area contributed by atoms with Gasteiger partial charge in [-0.1, -0.05) is 23.7 Å². The third kappa shape index (κ3) is 3.83. The molecular weight excluding hydrogens is 417 g/mol. The standard InChI is InChI=1S/C23H22ClN5.ClH/c24-20-8-9-21-19(11-20)13-26-14-22-27-28-23(29(21)22)17-6-4-16(5-7-17)18-3-1-2-15(10-18)12-25;/h1-3,8-11,16-17,26H,4-7,13-14H2;1H/t16-,17-;. The van der Waals surface area contributed by atoms with Crippen molar-refractivity contribution in [2.75, 3.05) is 0 Å². The molecule has 1 N–H and O–H groups in total. The molecule has 0 amide bonds. The minimum atomic E-state index is 0. The predicted octanol–water partition coefficient (Wildman–Crippen LogP) is 5.26. The highest BCUT2D eigenvalue weighted by Crippen LogP contribution is 2.41. The number of aromatic nitrogens is 3. The first-order chi connectivity index (χ1) is 14.2. The van der Waals surface area contributed by atoms with Gasteiger partial charge >= 0.3 is 0 Å². The summed E-state index contributed by atoms with van der Waals surface area (Å²) in [7, 11) is 0. The minimum absolute atomic E-state index is 0. The maximum Gasteiger partial charge on any atom is 0.151 e. The molecule has 5 rings (SSSR count). The van der Waals surface area contributed by atoms with E-state index >= 15 is 0 Å². The van der Waals surface area contributed by atoms with E-state index in [1.165, 1.54) is 11.1 Å². The summed E-state index contributed by atoms with van der Waals surface area (Å²) in [4.78, 5) is 0. The number of halogens is 2. The SMILES string of the molecule is Cl.N#Cc1cccc([C@H]2CC[C@H](c3nnc4n3-c3ccc(Cl)cc3CNC4)CC2)c1. The molecule has 0 spiro atoms. The lowest BCUT2D eigenvalue weighted by Crippen LogP contribution is -2.17. The van der Waals surface area contributed by atoms with Crippen LogP contribution in [0.15, 0.2) is 42.5 Å². The molecule has 0 saturated heterocycles. The van der Waals surface area contributed by atoms with Gasteiger partial charge in [0.25, 0.3) is 0 Å². The fourth-order valence-corrected chi connectivity index (χ4v) is 4.94. The van der Waals surface area contributed by atoms with Crippen molar-refractivity contribution in [3.05, 3.63) is 75.8 Å². The van der Waals surface area contributed by atoms with Gasteiger partial charge in [-0.2, -0.15) is 5.26 Å². The highest BCUT2D eigenvalue weighted by Gasteiger charge is 2.29. The zero-order valence-corrected chi connectivity index (χ0v) is 18.1. The number of hydrogen-bond donors (Lipinski definition) is 1. The van der Waals surface area contributed by atoms with Gasteiger partial charge in [0.15, 0.2) is 5.82 Å². The first kappa shape index (κ1) is 20.9. The third-order valence-electron chi connectivity index (χ3n) is 6.22. The van der Waals surface area contributed by atoms with Crippen molar-refractivity contribution in [2.45, 2.75) is 50.6 Å². The Kier molecular flexibility index (Phi) is 6.10. The lowest BCUT2D eigenvalue weighted by Gasteiger charge is -2.29. The Morgan fingerprint density at radius 1 is 1.00 bits per heavy atom. The Hall–Kier alpha value is -2.39. The Labute approximate surface area is 187 Å². The van der Waals surface area contributed by atoms with E-state index in [2.05, 4.69) is 38.3 Å². The largest absolute Gasteiger partial charge is 0.306 e. The smallest absolute Gasteiger partial charge is 0.151 e. The summed E-state index contributed by atoms with van der Waals surface area (Å²) < 4.78 is 2.24. The first-order valence-corrected chi connectivity index (χ1v) is 10.5. The fourth-order valence-electron chi connectivity index (χ4n) is 4.74. The van der Waals surface area contributed by atoms with Gasteiger partial charge in [-0.3, -0.25) is 4.57 Å². The summed E-state index contributed by atoms with van der Waals surface area (Å²) in [6.45, 7) is 1.48. The van der Waals surface area contributed by atoms with Gasteiger partial charge < -0.3 is 5.32 Å². The molecule has 2 heterocycles. The third-order valence-corrected chi connectivity index (χ3v) is 6.45. The molecule has 0 atom stereocenters. The van der Waals surface area contributed by atoms with Crippen LogP contribution in [0.4, 0.5) is 0 Å². The van der Waals surface area contributed by atoms with Crippen LogP contribution in [0.25, 0.3) is 5.69 Å². The normalized spacial score (nSPS) is 20.3. The van der Waals surface area contributed by atoms with E-state index in [0.29, 0.717) is 18.4 Å². The lowest BCUT2D eigenvalue weighted by molar-refractivity contribution is 0.382. The maximum absolute atomic E-state index is 9.18. The number of hydrogen-bond acceptors (Lipinski definition) is 4. The lowest BCUT2D eigenvalue weighted by atomic mass is 9.78. The van der Waals surface area contributed by atoms with E-state index in [-0.39, 0.29) is 12.4 Å². The van der Waals surface area contributed by atoms with Crippen molar-refractivity contribution in [3.63, 3.8) is 0 Å². The van der Waals surface area contributed by atoms with Crippen molar-refractivity contribution < 1.29 is 0 Å². The second kappa shape index (κ2) is 8.77. The Balaban J connectivity index is 0.00000218. The summed E-state index contributed by atoms with van der Waals surface area (Å²) in [6.07, 6.45) is 4.37. The van der Waals surface area contributed by atoms with Crippen molar-refractivity contribution in [2.24, 2.45) is 0 Å². The van der Waals surface area contributed by atoms with E-state index in [1.807, 2.05) is 30.3 Å². The first-order valence-electron chi connectivity index (χ1n) is 10.2. The Morgan fingerprint density at radius 2 is 1.80 bits per heavy atom. The topological polar surface area (TPSA) is 66.5 Å². The second-order valence-electron chi connectivity index (χ2n) is 7.97. The zero-order valence-electron chi connectivity index (χ0n) is 16.5. The van der Waals surface area contributed by atoms with Crippen LogP contribution in [0.2, 0.25) is 5.02 Å². The number of rotatable bonds is 2. The minimum Gasteiger partial charge on any atom is -0.306 e. The number of nitrogens with zero attached hydrogens (tertiary/aromatic N) is 4. The fraction of sp³-hybridized carbons (Fsp3) is 0.348. The van der Waals surface area contributed by atoms with Gasteiger partial charge in [0, 0.05) is 17.5 Å². The van der Waals surface area contributed by atoms with Crippen LogP contribution < -0.4 is 5.32 Å². The Morgan fingerprint density at radius 3 is 2.60 bits per heavy atom. The molecule has 1 saturated carbocycles. The van der Waals surface area contributed by atoms with E-state index in [1.54, 1.807) is 0 Å². The highest BCUT2D eigenvalue weighted by atomic mass is 35.5. The molecule has 0 unspecified atom stereocenters. The van der Waals surface area contributed by atoms with Gasteiger partial charge in [-0.25, -0.2) is 0 Å². The summed E-state index contributed by atoms with van der Waals surface area (Å²) in [6, 6.07) is 16.4. The van der Waals surface area contributed by atoms with Crippen LogP contribution >= 0.6 is 24.0 Å². The molecule has 1 aliphatic carbocycles. The van der Waals surface area contributed by atoms with Crippen LogP contribution in [-0.2, 0) is 13.1 Å². The molecule has 0 radical (unpaired) electrons. The van der Waals surface area contributed by atoms with Gasteiger partial charge in [-0.15, -0.1) is 22.6 Å². The molecule has 1 fully saturated rings. The van der Waals surface area contributed by atoms with Crippen molar-refractivity contribution in [3.8, 4) is 11.8 Å². The molecule has 30 heavy (non-hydrogen) atoms. The molecule has 1 aliphatic heterocycles. The predicted molar refractivity (Wildman–Crippen MR) is 119 cm³/mol. The number of nitriles is 1. The molecule has 154 valence electrons. The van der Waals surface area contributed by atoms with Crippen LogP contribution in [0.1, 0.15) is 65.9 Å². The number of nitrogens with one attached hydrogen (secondary N) is 1. The molecule has 7 heteroatoms. The number of benzene rings is 2. The quantitative estimate of drug-likeness (QED) is 0.591. The molecule has 3 aromatic rings. The van der Waals surface area contributed by atoms with Crippen LogP contribution in [0.5, 0.6) is 0 Å². The van der Waals surface area contributed by atoms with Gasteiger partial charge in [-0.05, 0) is 73.1 Å². The summed E-state index contributed by atoms with van der Waals surface area (Å²) in [5, 5.41) is 22.5. The van der Waals surface area contributed by atoms with Crippen molar-refractivity contribution in [1.29, 1.82) is 5.26 Å². The molecule has 2 aliphatic rings. The maximum atomic E-state index is 9.18. The monoisotopic (exact) mass is 439 g/mol. The summed E-state index contributed by atoms with van der Waals surface area (Å²) >= 11 is 6.23. The average molecular weight is 440 g/mol. The molecule has 0 bridgehead atoms. The van der Waals surface area contributed by atoms with Crippen molar-refractivity contribution >= 4 is 24.0 Å². The van der Waals surface area contributed by atoms with E-state index in [0.717, 1.165) is 60.2 Å². The molecular formula is C23H23Cl2N5. The van der Waals surface area contributed by atoms with Crippen LogP contribution in [0.3, 0.4) is 0 Å². The van der Waals surface area contributed by atoms with Crippen LogP contribution in [0, 0.1) is 11.3 Å². The van der Waals surface area contributed by atoms with Crippen molar-refractivity contribution in [1.82, 2.24) is 20.1 Å². The van der Waals surface area contributed by atoms with E-state index in [4.69, 9.17) is 11.6 Å². The summed E-state index contributed by atoms with van der Waals surface area (Å²) in [5.41, 5.74) is 4.35. The van der Waals surface area contributed by atoms with E-state index < -0.39 is 0 Å². The highest BCUT2D eigenvalue weighted by molar-refractivity contribution is 6.30. The van der Waals surface area contributed by atoms with Gasteiger partial charge in [0.05, 0.1) is 23.9 Å². The van der Waals surface area contributed by atoms with Gasteiger partial charge in [0.1, 0.15) is 5.82 Å². The summed E-state index contributed by atoms with van der Waals surface area (Å²) in [5.74, 6) is 2.94. The molecule has 1 aromatic heterocycles. The average Bonchev–Trinajstić information content (AvgIpc) is 3.09. The molecule has 5 nitrogen and oxygen atoms in total. The molecule has 2 aromatic carbocycles. The zero-order chi connectivity index (χ0) is 19.8. The van der Waals surface area contributed by atoms with E-state index in [9.17, 15) is 5.26 Å². The number of fused-ring (bicyclic) bond motifs is 3.